The summed E-state index contributed by atoms with van der Waals surface area (Å²) in [5.74, 6) is -0.465. The van der Waals surface area contributed by atoms with E-state index in [1.165, 1.54) is 6.07 Å². The van der Waals surface area contributed by atoms with Gasteiger partial charge >= 0.3 is 6.18 Å². The number of carbonyl (C=O) groups excluding carboxylic acids is 1. The number of nitrogens with zero attached hydrogens (tertiary/aromatic N) is 3. The Bertz CT molecular complexity index is 950. The van der Waals surface area contributed by atoms with E-state index >= 15 is 0 Å². The van der Waals surface area contributed by atoms with Crippen LogP contribution in [0.4, 0.5) is 18.9 Å². The van der Waals surface area contributed by atoms with Gasteiger partial charge in [-0.15, -0.1) is 10.2 Å². The molecule has 140 valence electrons. The molecule has 0 aliphatic carbocycles. The van der Waals surface area contributed by atoms with Gasteiger partial charge in [0.1, 0.15) is 5.69 Å². The minimum Gasteiger partial charge on any atom is -0.410 e. The van der Waals surface area contributed by atoms with Crippen LogP contribution in [0, 0.1) is 0 Å². The zero-order chi connectivity index (χ0) is 19.4. The van der Waals surface area contributed by atoms with Crippen LogP contribution >= 0.6 is 23.4 Å². The molecule has 11 heteroatoms. The molecule has 2 aromatic heterocycles. The molecule has 0 atom stereocenters. The van der Waals surface area contributed by atoms with E-state index in [9.17, 15) is 18.0 Å². The maximum absolute atomic E-state index is 12.8. The summed E-state index contributed by atoms with van der Waals surface area (Å²) in [6.07, 6.45) is -3.04. The van der Waals surface area contributed by atoms with Gasteiger partial charge in [0.05, 0.1) is 16.3 Å². The maximum Gasteiger partial charge on any atom is 0.417 e. The molecule has 3 aromatic rings. The highest BCUT2D eigenvalue weighted by molar-refractivity contribution is 7.99. The molecule has 27 heavy (non-hydrogen) atoms. The average molecular weight is 415 g/mol. The lowest BCUT2D eigenvalue weighted by molar-refractivity contribution is -0.137. The highest BCUT2D eigenvalue weighted by atomic mass is 35.5. The van der Waals surface area contributed by atoms with Crippen molar-refractivity contribution in [3.8, 4) is 11.6 Å². The number of rotatable bonds is 5. The predicted octanol–water partition coefficient (Wildman–Crippen LogP) is 4.53. The number of nitrogens with one attached hydrogen (secondary N) is 1. The Morgan fingerprint density at radius 1 is 1.22 bits per heavy atom. The summed E-state index contributed by atoms with van der Waals surface area (Å²) in [4.78, 5) is 16.0. The van der Waals surface area contributed by atoms with E-state index in [0.717, 1.165) is 23.9 Å². The van der Waals surface area contributed by atoms with Gasteiger partial charge in [0.2, 0.25) is 5.91 Å². The number of pyridine rings is 1. The monoisotopic (exact) mass is 414 g/mol. The molecule has 0 fully saturated rings. The molecule has 0 bridgehead atoms. The lowest BCUT2D eigenvalue weighted by atomic mass is 10.2. The predicted molar refractivity (Wildman–Crippen MR) is 93.3 cm³/mol. The summed E-state index contributed by atoms with van der Waals surface area (Å²) in [5.41, 5.74) is -0.550. The fraction of sp³-hybridized carbons (Fsp3) is 0.125. The van der Waals surface area contributed by atoms with Crippen molar-refractivity contribution in [1.82, 2.24) is 15.2 Å². The number of hydrogen-bond acceptors (Lipinski definition) is 6. The third kappa shape index (κ3) is 4.98. The molecule has 1 N–H and O–H groups in total. The molecule has 0 unspecified atom stereocenters. The Labute approximate surface area is 160 Å². The number of carbonyl (C=O) groups is 1. The third-order valence-corrected chi connectivity index (χ3v) is 4.32. The van der Waals surface area contributed by atoms with Gasteiger partial charge in [-0.3, -0.25) is 9.78 Å². The molecule has 0 aliphatic heterocycles. The Morgan fingerprint density at radius 3 is 2.74 bits per heavy atom. The first-order valence-corrected chi connectivity index (χ1v) is 8.73. The highest BCUT2D eigenvalue weighted by Crippen LogP contribution is 2.36. The molecule has 0 radical (unpaired) electrons. The smallest absolute Gasteiger partial charge is 0.410 e. The van der Waals surface area contributed by atoms with Gasteiger partial charge in [0.15, 0.2) is 0 Å². The van der Waals surface area contributed by atoms with Gasteiger partial charge in [-0.1, -0.05) is 29.4 Å². The van der Waals surface area contributed by atoms with Gasteiger partial charge in [0.25, 0.3) is 11.1 Å². The number of thioether (sulfide) groups is 1. The number of alkyl halides is 3. The van der Waals surface area contributed by atoms with Crippen LogP contribution in [0.15, 0.2) is 52.2 Å². The van der Waals surface area contributed by atoms with Crippen LogP contribution in [0.25, 0.3) is 11.6 Å². The zero-order valence-electron chi connectivity index (χ0n) is 13.3. The van der Waals surface area contributed by atoms with Gasteiger partial charge in [0, 0.05) is 11.9 Å². The maximum atomic E-state index is 12.8. The van der Waals surface area contributed by atoms with Crippen molar-refractivity contribution in [2.24, 2.45) is 0 Å². The van der Waals surface area contributed by atoms with Crippen LogP contribution in [0.3, 0.4) is 0 Å². The summed E-state index contributed by atoms with van der Waals surface area (Å²) in [5, 5.41) is 9.68. The number of amides is 1. The zero-order valence-corrected chi connectivity index (χ0v) is 14.9. The number of anilines is 1. The minimum atomic E-state index is -4.61. The second kappa shape index (κ2) is 7.97. The number of halogens is 4. The molecular formula is C16H10ClF3N4O2S. The lowest BCUT2D eigenvalue weighted by Crippen LogP contribution is -2.15. The summed E-state index contributed by atoms with van der Waals surface area (Å²) >= 11 is 6.49. The fourth-order valence-electron chi connectivity index (χ4n) is 2.01. The first kappa shape index (κ1) is 19.2. The Hall–Kier alpha value is -2.59. The van der Waals surface area contributed by atoms with Crippen LogP contribution in [0.2, 0.25) is 5.02 Å². The van der Waals surface area contributed by atoms with Crippen molar-refractivity contribution >= 4 is 35.0 Å². The molecule has 2 heterocycles. The number of hydrogen-bond donors (Lipinski definition) is 1. The van der Waals surface area contributed by atoms with E-state index < -0.39 is 22.7 Å². The molecule has 0 saturated carbocycles. The van der Waals surface area contributed by atoms with Crippen molar-refractivity contribution in [2.75, 3.05) is 11.1 Å². The number of aromatic nitrogens is 3. The van der Waals surface area contributed by atoms with Crippen molar-refractivity contribution in [2.45, 2.75) is 11.4 Å². The van der Waals surface area contributed by atoms with E-state index in [1.807, 2.05) is 0 Å². The van der Waals surface area contributed by atoms with Gasteiger partial charge in [-0.2, -0.15) is 13.2 Å². The Morgan fingerprint density at radius 2 is 2.04 bits per heavy atom. The van der Waals surface area contributed by atoms with Gasteiger partial charge in [-0.25, -0.2) is 0 Å². The molecule has 0 saturated heterocycles. The molecular weight excluding hydrogens is 405 g/mol. The molecule has 1 aromatic carbocycles. The normalized spacial score (nSPS) is 11.4. The second-order valence-electron chi connectivity index (χ2n) is 5.12. The summed E-state index contributed by atoms with van der Waals surface area (Å²) in [7, 11) is 0. The van der Waals surface area contributed by atoms with E-state index in [0.29, 0.717) is 5.69 Å². The molecule has 3 rings (SSSR count). The SMILES string of the molecule is O=C(CSc1nnc(-c2ccccn2)o1)Nc1ccc(Cl)c(C(F)(F)F)c1. The molecule has 1 amide bonds. The van der Waals surface area contributed by atoms with Crippen LogP contribution in [-0.2, 0) is 11.0 Å². The van der Waals surface area contributed by atoms with Gasteiger partial charge < -0.3 is 9.73 Å². The summed E-state index contributed by atoms with van der Waals surface area (Å²) < 4.78 is 43.9. The first-order valence-electron chi connectivity index (χ1n) is 7.37. The van der Waals surface area contributed by atoms with Crippen LogP contribution in [-0.4, -0.2) is 26.8 Å². The van der Waals surface area contributed by atoms with Gasteiger partial charge in [-0.05, 0) is 30.3 Å². The highest BCUT2D eigenvalue weighted by Gasteiger charge is 2.33. The average Bonchev–Trinajstić information content (AvgIpc) is 3.10. The molecule has 0 aliphatic rings. The van der Waals surface area contributed by atoms with Crippen molar-refractivity contribution in [1.29, 1.82) is 0 Å². The van der Waals surface area contributed by atoms with Crippen molar-refractivity contribution in [3.05, 3.63) is 53.2 Å². The largest absolute Gasteiger partial charge is 0.417 e. The Kier molecular flexibility index (Phi) is 5.66. The second-order valence-corrected chi connectivity index (χ2v) is 6.45. The van der Waals surface area contributed by atoms with Crippen LogP contribution in [0.1, 0.15) is 5.56 Å². The van der Waals surface area contributed by atoms with E-state index in [2.05, 4.69) is 20.5 Å². The summed E-state index contributed by atoms with van der Waals surface area (Å²) in [6, 6.07) is 8.31. The third-order valence-electron chi connectivity index (χ3n) is 3.17. The number of benzene rings is 1. The Balaban J connectivity index is 1.60. The standard InChI is InChI=1S/C16H10ClF3N4O2S/c17-11-5-4-9(7-10(11)16(18,19)20)22-13(25)8-27-15-24-23-14(26-15)12-3-1-2-6-21-12/h1-7H,8H2,(H,22,25). The minimum absolute atomic E-state index is 0.0166. The quantitative estimate of drug-likeness (QED) is 0.617. The van der Waals surface area contributed by atoms with E-state index in [4.69, 9.17) is 16.0 Å². The van der Waals surface area contributed by atoms with E-state index in [1.54, 1.807) is 24.4 Å². The first-order chi connectivity index (χ1) is 12.8. The molecule has 6 nitrogen and oxygen atoms in total. The van der Waals surface area contributed by atoms with E-state index in [-0.39, 0.29) is 22.6 Å². The summed E-state index contributed by atoms with van der Waals surface area (Å²) in [6.45, 7) is 0. The van der Waals surface area contributed by atoms with Crippen molar-refractivity contribution in [3.63, 3.8) is 0 Å². The van der Waals surface area contributed by atoms with Crippen LogP contribution < -0.4 is 5.32 Å². The van der Waals surface area contributed by atoms with Crippen LogP contribution in [0.5, 0.6) is 0 Å². The fourth-order valence-corrected chi connectivity index (χ4v) is 2.79. The molecule has 0 spiro atoms. The van der Waals surface area contributed by atoms with Crippen molar-refractivity contribution < 1.29 is 22.4 Å². The lowest BCUT2D eigenvalue weighted by Gasteiger charge is -2.11. The topological polar surface area (TPSA) is 80.9 Å².